The Hall–Kier alpha value is -2.44. The molecule has 24 heavy (non-hydrogen) atoms. The Balaban J connectivity index is 1.73. The molecule has 0 saturated carbocycles. The molecule has 7 heteroatoms. The van der Waals surface area contributed by atoms with Crippen molar-refractivity contribution < 1.29 is 12.8 Å². The van der Waals surface area contributed by atoms with Crippen molar-refractivity contribution in [2.45, 2.75) is 10.6 Å². The lowest BCUT2D eigenvalue weighted by Gasteiger charge is -2.00. The molecule has 2 aromatic carbocycles. The summed E-state index contributed by atoms with van der Waals surface area (Å²) >= 11 is 5.82. The largest absolute Gasteiger partial charge is 0.420 e. The SMILES string of the molecule is O=S(=O)(Cc1nnc(/C=C/c2ccc(Cl)cc2)o1)c1ccccc1. The van der Waals surface area contributed by atoms with E-state index in [4.69, 9.17) is 16.0 Å². The van der Waals surface area contributed by atoms with Gasteiger partial charge >= 0.3 is 0 Å². The Morgan fingerprint density at radius 3 is 2.38 bits per heavy atom. The van der Waals surface area contributed by atoms with Crippen molar-refractivity contribution >= 4 is 33.6 Å². The van der Waals surface area contributed by atoms with Gasteiger partial charge in [-0.3, -0.25) is 0 Å². The van der Waals surface area contributed by atoms with Gasteiger partial charge in [-0.25, -0.2) is 8.42 Å². The van der Waals surface area contributed by atoms with Crippen LogP contribution in [0.5, 0.6) is 0 Å². The molecule has 1 heterocycles. The van der Waals surface area contributed by atoms with Gasteiger partial charge < -0.3 is 4.42 Å². The summed E-state index contributed by atoms with van der Waals surface area (Å²) in [6, 6.07) is 15.4. The number of halogens is 1. The first-order chi connectivity index (χ1) is 11.5. The number of hydrogen-bond donors (Lipinski definition) is 0. The summed E-state index contributed by atoms with van der Waals surface area (Å²) in [5.74, 6) is -0.0449. The monoisotopic (exact) mass is 360 g/mol. The van der Waals surface area contributed by atoms with E-state index in [1.54, 1.807) is 42.5 Å². The molecular weight excluding hydrogens is 348 g/mol. The summed E-state index contributed by atoms with van der Waals surface area (Å²) in [6.45, 7) is 0. The van der Waals surface area contributed by atoms with Crippen LogP contribution >= 0.6 is 11.6 Å². The fourth-order valence-electron chi connectivity index (χ4n) is 2.01. The molecule has 0 atom stereocenters. The Morgan fingerprint density at radius 2 is 1.67 bits per heavy atom. The van der Waals surface area contributed by atoms with Gasteiger partial charge in [0.25, 0.3) is 0 Å². The molecule has 0 aliphatic rings. The fraction of sp³-hybridized carbons (Fsp3) is 0.0588. The van der Waals surface area contributed by atoms with Gasteiger partial charge in [-0.2, -0.15) is 0 Å². The van der Waals surface area contributed by atoms with E-state index in [9.17, 15) is 8.42 Å². The smallest absolute Gasteiger partial charge is 0.240 e. The summed E-state index contributed by atoms with van der Waals surface area (Å²) in [4.78, 5) is 0.224. The summed E-state index contributed by atoms with van der Waals surface area (Å²) in [5.41, 5.74) is 0.913. The molecule has 0 N–H and O–H groups in total. The van der Waals surface area contributed by atoms with Gasteiger partial charge in [0.2, 0.25) is 11.8 Å². The third-order valence-electron chi connectivity index (χ3n) is 3.19. The van der Waals surface area contributed by atoms with Crippen LogP contribution in [0.1, 0.15) is 17.3 Å². The predicted octanol–water partition coefficient (Wildman–Crippen LogP) is 3.87. The lowest BCUT2D eigenvalue weighted by atomic mass is 10.2. The number of benzene rings is 2. The predicted molar refractivity (Wildman–Crippen MR) is 92.0 cm³/mol. The van der Waals surface area contributed by atoms with Crippen LogP contribution in [0.4, 0.5) is 0 Å². The standard InChI is InChI=1S/C17H13ClN2O3S/c18-14-9-6-13(7-10-14)8-11-16-19-20-17(23-16)12-24(21,22)15-4-2-1-3-5-15/h1-11H,12H2/b11-8+. The van der Waals surface area contributed by atoms with Gasteiger partial charge in [-0.1, -0.05) is 41.9 Å². The summed E-state index contributed by atoms with van der Waals surface area (Å²) in [7, 11) is -3.51. The molecule has 1 aromatic heterocycles. The van der Waals surface area contributed by atoms with Crippen molar-refractivity contribution in [1.82, 2.24) is 10.2 Å². The van der Waals surface area contributed by atoms with E-state index < -0.39 is 9.84 Å². The first-order valence-electron chi connectivity index (χ1n) is 7.07. The number of aromatic nitrogens is 2. The van der Waals surface area contributed by atoms with E-state index >= 15 is 0 Å². The number of nitrogens with zero attached hydrogens (tertiary/aromatic N) is 2. The van der Waals surface area contributed by atoms with E-state index in [2.05, 4.69) is 10.2 Å². The minimum atomic E-state index is -3.51. The van der Waals surface area contributed by atoms with E-state index in [0.717, 1.165) is 5.56 Å². The lowest BCUT2D eigenvalue weighted by molar-refractivity contribution is 0.498. The van der Waals surface area contributed by atoms with E-state index in [-0.39, 0.29) is 22.4 Å². The van der Waals surface area contributed by atoms with Crippen LogP contribution in [0.15, 0.2) is 63.9 Å². The van der Waals surface area contributed by atoms with Crippen molar-refractivity contribution in [1.29, 1.82) is 0 Å². The molecule has 0 unspecified atom stereocenters. The molecule has 0 saturated heterocycles. The van der Waals surface area contributed by atoms with E-state index in [0.29, 0.717) is 5.02 Å². The van der Waals surface area contributed by atoms with Crippen molar-refractivity contribution in [3.05, 3.63) is 77.0 Å². The maximum Gasteiger partial charge on any atom is 0.240 e. The molecule has 5 nitrogen and oxygen atoms in total. The molecule has 122 valence electrons. The fourth-order valence-corrected chi connectivity index (χ4v) is 3.31. The summed E-state index contributed by atoms with van der Waals surface area (Å²) < 4.78 is 29.9. The second-order valence-electron chi connectivity index (χ2n) is 4.99. The van der Waals surface area contributed by atoms with Crippen LogP contribution in [-0.4, -0.2) is 18.6 Å². The van der Waals surface area contributed by atoms with Crippen molar-refractivity contribution in [3.8, 4) is 0 Å². The van der Waals surface area contributed by atoms with E-state index in [1.807, 2.05) is 12.1 Å². The Bertz CT molecular complexity index is 949. The maximum absolute atomic E-state index is 12.3. The quantitative estimate of drug-likeness (QED) is 0.690. The van der Waals surface area contributed by atoms with Crippen LogP contribution < -0.4 is 0 Å². The van der Waals surface area contributed by atoms with E-state index in [1.165, 1.54) is 12.1 Å². The van der Waals surface area contributed by atoms with Gasteiger partial charge in [0, 0.05) is 11.1 Å². The van der Waals surface area contributed by atoms with Gasteiger partial charge in [0.1, 0.15) is 5.75 Å². The van der Waals surface area contributed by atoms with Crippen LogP contribution in [0, 0.1) is 0 Å². The lowest BCUT2D eigenvalue weighted by Crippen LogP contribution is -2.04. The molecule has 0 radical (unpaired) electrons. The average molecular weight is 361 g/mol. The summed E-state index contributed by atoms with van der Waals surface area (Å²) in [6.07, 6.45) is 3.40. The van der Waals surface area contributed by atoms with Gasteiger partial charge in [0.15, 0.2) is 9.84 Å². The number of sulfone groups is 1. The van der Waals surface area contributed by atoms with Gasteiger partial charge in [-0.05, 0) is 35.9 Å². The van der Waals surface area contributed by atoms with Gasteiger partial charge in [-0.15, -0.1) is 10.2 Å². The maximum atomic E-state index is 12.3. The first-order valence-corrected chi connectivity index (χ1v) is 9.10. The summed E-state index contributed by atoms with van der Waals surface area (Å²) in [5, 5.41) is 8.27. The zero-order valence-corrected chi connectivity index (χ0v) is 14.0. The van der Waals surface area contributed by atoms with Crippen molar-refractivity contribution in [2.24, 2.45) is 0 Å². The van der Waals surface area contributed by atoms with Crippen molar-refractivity contribution in [2.75, 3.05) is 0 Å². The average Bonchev–Trinajstić information content (AvgIpc) is 3.02. The first kappa shape index (κ1) is 16.4. The third kappa shape index (κ3) is 4.10. The van der Waals surface area contributed by atoms with Crippen LogP contribution in [0.2, 0.25) is 5.02 Å². The topological polar surface area (TPSA) is 73.1 Å². The molecule has 0 amide bonds. The number of rotatable bonds is 5. The molecule has 0 fully saturated rings. The normalized spacial score (nSPS) is 11.9. The van der Waals surface area contributed by atoms with Crippen LogP contribution in [0.3, 0.4) is 0 Å². The molecular formula is C17H13ClN2O3S. The molecule has 0 aliphatic heterocycles. The van der Waals surface area contributed by atoms with Crippen molar-refractivity contribution in [3.63, 3.8) is 0 Å². The highest BCUT2D eigenvalue weighted by Crippen LogP contribution is 2.16. The highest BCUT2D eigenvalue weighted by molar-refractivity contribution is 7.90. The highest BCUT2D eigenvalue weighted by atomic mass is 35.5. The third-order valence-corrected chi connectivity index (χ3v) is 5.06. The number of hydrogen-bond acceptors (Lipinski definition) is 5. The Labute approximate surface area is 144 Å². The van der Waals surface area contributed by atoms with Gasteiger partial charge in [0.05, 0.1) is 4.90 Å². The minimum absolute atomic E-state index is 0.0506. The highest BCUT2D eigenvalue weighted by Gasteiger charge is 2.18. The molecule has 0 spiro atoms. The van der Waals surface area contributed by atoms with Crippen LogP contribution in [-0.2, 0) is 15.6 Å². The van der Waals surface area contributed by atoms with Crippen LogP contribution in [0.25, 0.3) is 12.2 Å². The second-order valence-corrected chi connectivity index (χ2v) is 7.42. The molecule has 3 rings (SSSR count). The Kier molecular flexibility index (Phi) is 4.78. The molecule has 3 aromatic rings. The zero-order valence-electron chi connectivity index (χ0n) is 12.5. The Morgan fingerprint density at radius 1 is 0.958 bits per heavy atom. The zero-order chi connectivity index (χ0) is 17.0. The minimum Gasteiger partial charge on any atom is -0.420 e. The second kappa shape index (κ2) is 6.98. The molecule has 0 aliphatic carbocycles. The molecule has 0 bridgehead atoms.